The van der Waals surface area contributed by atoms with Gasteiger partial charge in [-0.2, -0.15) is 5.06 Å². The molecule has 0 spiro atoms. The Morgan fingerprint density at radius 1 is 1.89 bits per heavy atom. The number of hydroxylamine groups is 2. The van der Waals surface area contributed by atoms with Crippen molar-refractivity contribution >= 4 is 6.03 Å². The summed E-state index contributed by atoms with van der Waals surface area (Å²) in [5.41, 5.74) is 4.66. The lowest BCUT2D eigenvalue weighted by Crippen LogP contribution is -2.34. The molecule has 0 aromatic carbocycles. The molecule has 2 N–H and O–H groups in total. The van der Waals surface area contributed by atoms with E-state index in [4.69, 9.17) is 0 Å². The maximum Gasteiger partial charge on any atom is 0.341 e. The minimum Gasteiger partial charge on any atom is -0.350 e. The van der Waals surface area contributed by atoms with Gasteiger partial charge in [0.1, 0.15) is 0 Å². The van der Waals surface area contributed by atoms with Gasteiger partial charge in [-0.3, -0.25) is 0 Å². The molecule has 0 fully saturated rings. The van der Waals surface area contributed by atoms with Crippen molar-refractivity contribution in [2.24, 2.45) is 5.73 Å². The highest BCUT2D eigenvalue weighted by molar-refractivity contribution is 5.70. The zero-order chi connectivity index (χ0) is 7.28. The van der Waals surface area contributed by atoms with Crippen molar-refractivity contribution in [3.05, 3.63) is 0 Å². The number of carbonyl (C=O) groups excluding carboxylic acids is 1. The highest BCUT2D eigenvalue weighted by Gasteiger charge is 2.07. The Morgan fingerprint density at radius 3 is 2.56 bits per heavy atom. The number of nitrogens with zero attached hydrogens (tertiary/aromatic N) is 1. The van der Waals surface area contributed by atoms with Crippen molar-refractivity contribution in [2.45, 2.75) is 13.3 Å². The van der Waals surface area contributed by atoms with E-state index in [0.717, 1.165) is 0 Å². The van der Waals surface area contributed by atoms with Crippen molar-refractivity contribution < 1.29 is 14.4 Å². The summed E-state index contributed by atoms with van der Waals surface area (Å²) in [6, 6.07) is -0.917. The van der Waals surface area contributed by atoms with Gasteiger partial charge in [0.2, 0.25) is 0 Å². The predicted molar refractivity (Wildman–Crippen MR) is 28.8 cm³/mol. The van der Waals surface area contributed by atoms with Crippen molar-refractivity contribution in [1.82, 2.24) is 5.06 Å². The third-order valence-corrected chi connectivity index (χ3v) is 0.756. The van der Waals surface area contributed by atoms with E-state index in [0.29, 0.717) is 11.5 Å². The first-order chi connectivity index (χ1) is 4.22. The molecule has 0 aliphatic rings. The van der Waals surface area contributed by atoms with Crippen molar-refractivity contribution in [2.75, 3.05) is 6.54 Å². The Kier molecular flexibility index (Phi) is 3.70. The molecule has 0 aliphatic heterocycles. The van der Waals surface area contributed by atoms with Crippen molar-refractivity contribution in [3.63, 3.8) is 0 Å². The SMILES string of the molecule is CCCN(OF)C(N)=O. The molecule has 4 nitrogen and oxygen atoms in total. The Balaban J connectivity index is 3.54. The van der Waals surface area contributed by atoms with Gasteiger partial charge >= 0.3 is 6.03 Å². The molecule has 0 unspecified atom stereocenters. The second-order valence-corrected chi connectivity index (χ2v) is 1.51. The first-order valence-corrected chi connectivity index (χ1v) is 2.58. The third-order valence-electron chi connectivity index (χ3n) is 0.756. The summed E-state index contributed by atoms with van der Waals surface area (Å²) in [5.74, 6) is 0. The van der Waals surface area contributed by atoms with E-state index >= 15 is 0 Å². The molecule has 0 atom stereocenters. The summed E-state index contributed by atoms with van der Waals surface area (Å²) in [4.78, 5) is 10.1. The number of rotatable bonds is 3. The maximum absolute atomic E-state index is 11.2. The minimum atomic E-state index is -0.917. The number of primary amides is 1. The van der Waals surface area contributed by atoms with Crippen LogP contribution in [0, 0.1) is 0 Å². The number of halogens is 1. The number of hydrogen-bond donors (Lipinski definition) is 1. The van der Waals surface area contributed by atoms with E-state index in [-0.39, 0.29) is 6.54 Å². The second-order valence-electron chi connectivity index (χ2n) is 1.51. The standard InChI is InChI=1S/C4H9FN2O2/c1-2-3-7(9-5)4(6)8/h2-3H2,1H3,(H2,6,8). The van der Waals surface area contributed by atoms with Crippen LogP contribution < -0.4 is 5.73 Å². The average Bonchev–Trinajstić information content (AvgIpc) is 1.82. The topological polar surface area (TPSA) is 55.6 Å². The van der Waals surface area contributed by atoms with Gasteiger partial charge in [-0.25, -0.2) is 4.79 Å². The molecule has 9 heavy (non-hydrogen) atoms. The fourth-order valence-corrected chi connectivity index (χ4v) is 0.382. The summed E-state index contributed by atoms with van der Waals surface area (Å²) in [5, 5.41) is 3.56. The van der Waals surface area contributed by atoms with E-state index in [1.807, 2.05) is 0 Å². The maximum atomic E-state index is 11.2. The van der Waals surface area contributed by atoms with Gasteiger partial charge in [-0.1, -0.05) is 12.0 Å². The number of amides is 2. The summed E-state index contributed by atoms with van der Waals surface area (Å²) < 4.78 is 11.2. The molecule has 0 heterocycles. The Bertz CT molecular complexity index is 98.6. The van der Waals surface area contributed by atoms with Crippen LogP contribution in [0.25, 0.3) is 0 Å². The first-order valence-electron chi connectivity index (χ1n) is 2.58. The van der Waals surface area contributed by atoms with Gasteiger partial charge in [-0.15, -0.1) is 0 Å². The van der Waals surface area contributed by atoms with Crippen molar-refractivity contribution in [1.29, 1.82) is 0 Å². The number of nitrogens with two attached hydrogens (primary N) is 1. The number of hydrogen-bond acceptors (Lipinski definition) is 2. The van der Waals surface area contributed by atoms with E-state index in [2.05, 4.69) is 10.8 Å². The molecular formula is C4H9FN2O2. The van der Waals surface area contributed by atoms with Crippen LogP contribution in [0.2, 0.25) is 0 Å². The van der Waals surface area contributed by atoms with Crippen LogP contribution in [-0.4, -0.2) is 17.6 Å². The lowest BCUT2D eigenvalue weighted by atomic mass is 10.5. The van der Waals surface area contributed by atoms with Crippen LogP contribution >= 0.6 is 0 Å². The van der Waals surface area contributed by atoms with Crippen LogP contribution in [0.15, 0.2) is 0 Å². The van der Waals surface area contributed by atoms with Gasteiger partial charge in [0, 0.05) is 0 Å². The highest BCUT2D eigenvalue weighted by atomic mass is 19.3. The Morgan fingerprint density at radius 2 is 2.44 bits per heavy atom. The quantitative estimate of drug-likeness (QED) is 0.577. The third kappa shape index (κ3) is 2.86. The molecule has 5 heteroatoms. The van der Waals surface area contributed by atoms with E-state index in [1.165, 1.54) is 0 Å². The molecular weight excluding hydrogens is 127 g/mol. The van der Waals surface area contributed by atoms with Gasteiger partial charge < -0.3 is 5.73 Å². The van der Waals surface area contributed by atoms with Crippen molar-refractivity contribution in [3.8, 4) is 0 Å². The lowest BCUT2D eigenvalue weighted by Gasteiger charge is -2.10. The summed E-state index contributed by atoms with van der Waals surface area (Å²) in [7, 11) is 0. The number of carbonyl (C=O) groups is 1. The average molecular weight is 136 g/mol. The van der Waals surface area contributed by atoms with Crippen LogP contribution in [0.1, 0.15) is 13.3 Å². The largest absolute Gasteiger partial charge is 0.350 e. The van der Waals surface area contributed by atoms with Crippen LogP contribution in [0.5, 0.6) is 0 Å². The molecule has 0 rings (SSSR count). The smallest absolute Gasteiger partial charge is 0.341 e. The molecule has 0 aromatic heterocycles. The molecule has 0 aliphatic carbocycles. The molecule has 0 bridgehead atoms. The van der Waals surface area contributed by atoms with E-state index < -0.39 is 6.03 Å². The van der Waals surface area contributed by atoms with Gasteiger partial charge in [-0.05, 0) is 10.9 Å². The predicted octanol–water partition coefficient (Wildman–Crippen LogP) is 0.593. The normalized spacial score (nSPS) is 9.11. The monoisotopic (exact) mass is 136 g/mol. The summed E-state index contributed by atoms with van der Waals surface area (Å²) in [6.45, 7) is 1.95. The van der Waals surface area contributed by atoms with Gasteiger partial charge in [0.05, 0.1) is 6.54 Å². The molecule has 2 amide bonds. The Hall–Kier alpha value is -0.840. The van der Waals surface area contributed by atoms with Crippen LogP contribution in [-0.2, 0) is 5.04 Å². The molecule has 0 aromatic rings. The zero-order valence-electron chi connectivity index (χ0n) is 5.13. The van der Waals surface area contributed by atoms with Crippen LogP contribution in [0.4, 0.5) is 9.32 Å². The summed E-state index contributed by atoms with van der Waals surface area (Å²) >= 11 is 0. The minimum absolute atomic E-state index is 0.172. The lowest BCUT2D eigenvalue weighted by molar-refractivity contribution is -0.291. The highest BCUT2D eigenvalue weighted by Crippen LogP contribution is 1.91. The Labute approximate surface area is 52.2 Å². The fourth-order valence-electron chi connectivity index (χ4n) is 0.382. The molecule has 0 saturated heterocycles. The molecule has 0 saturated carbocycles. The van der Waals surface area contributed by atoms with Gasteiger partial charge in [0.15, 0.2) is 0 Å². The summed E-state index contributed by atoms with van der Waals surface area (Å²) in [6.07, 6.45) is 0.604. The van der Waals surface area contributed by atoms with Crippen LogP contribution in [0.3, 0.4) is 0 Å². The zero-order valence-corrected chi connectivity index (χ0v) is 5.13. The molecule has 54 valence electrons. The van der Waals surface area contributed by atoms with E-state index in [1.54, 1.807) is 6.92 Å². The van der Waals surface area contributed by atoms with Gasteiger partial charge in [0.25, 0.3) is 0 Å². The van der Waals surface area contributed by atoms with E-state index in [9.17, 15) is 9.32 Å². The molecule has 0 radical (unpaired) electrons. The fraction of sp³-hybridized carbons (Fsp3) is 0.750. The number of urea groups is 1. The second kappa shape index (κ2) is 4.08. The first kappa shape index (κ1) is 8.16.